The SMILES string of the molecule is CC(CC(=O)C#Cc1ccccc1)CC(C)(C)C. The Morgan fingerprint density at radius 3 is 2.39 bits per heavy atom. The first-order valence-corrected chi connectivity index (χ1v) is 6.47. The van der Waals surface area contributed by atoms with Crippen molar-refractivity contribution in [3.8, 4) is 11.8 Å². The van der Waals surface area contributed by atoms with Crippen molar-refractivity contribution in [2.75, 3.05) is 0 Å². The minimum atomic E-state index is 0.0376. The Morgan fingerprint density at radius 1 is 1.22 bits per heavy atom. The van der Waals surface area contributed by atoms with Crippen LogP contribution in [0.3, 0.4) is 0 Å². The van der Waals surface area contributed by atoms with Crippen LogP contribution in [0, 0.1) is 23.2 Å². The molecule has 0 amide bonds. The van der Waals surface area contributed by atoms with Gasteiger partial charge in [-0.15, -0.1) is 0 Å². The zero-order valence-electron chi connectivity index (χ0n) is 11.8. The first kappa shape index (κ1) is 14.5. The number of carbonyl (C=O) groups is 1. The summed E-state index contributed by atoms with van der Waals surface area (Å²) in [6, 6.07) is 9.63. The molecule has 96 valence electrons. The van der Waals surface area contributed by atoms with E-state index in [1.54, 1.807) is 0 Å². The molecular weight excluding hydrogens is 220 g/mol. The van der Waals surface area contributed by atoms with Crippen molar-refractivity contribution in [1.29, 1.82) is 0 Å². The average Bonchev–Trinajstić information content (AvgIpc) is 2.25. The number of Topliss-reactive ketones (excluding diaryl/α,β-unsaturated/α-hetero) is 1. The van der Waals surface area contributed by atoms with Crippen LogP contribution in [0.5, 0.6) is 0 Å². The van der Waals surface area contributed by atoms with Crippen molar-refractivity contribution in [3.63, 3.8) is 0 Å². The van der Waals surface area contributed by atoms with Crippen molar-refractivity contribution >= 4 is 5.78 Å². The van der Waals surface area contributed by atoms with Gasteiger partial charge in [0.25, 0.3) is 0 Å². The highest BCUT2D eigenvalue weighted by Gasteiger charge is 2.16. The summed E-state index contributed by atoms with van der Waals surface area (Å²) >= 11 is 0. The van der Waals surface area contributed by atoms with Gasteiger partial charge in [-0.25, -0.2) is 0 Å². The molecule has 1 aromatic rings. The number of hydrogen-bond acceptors (Lipinski definition) is 1. The Hall–Kier alpha value is -1.55. The van der Waals surface area contributed by atoms with E-state index >= 15 is 0 Å². The zero-order chi connectivity index (χ0) is 13.6. The van der Waals surface area contributed by atoms with Gasteiger partial charge in [0.05, 0.1) is 0 Å². The van der Waals surface area contributed by atoms with Gasteiger partial charge in [0.1, 0.15) is 0 Å². The quantitative estimate of drug-likeness (QED) is 0.730. The van der Waals surface area contributed by atoms with E-state index in [0.717, 1.165) is 12.0 Å². The molecule has 18 heavy (non-hydrogen) atoms. The molecule has 1 nitrogen and oxygen atoms in total. The van der Waals surface area contributed by atoms with Crippen LogP contribution in [0.15, 0.2) is 30.3 Å². The Bertz CT molecular complexity index is 440. The van der Waals surface area contributed by atoms with Gasteiger partial charge >= 0.3 is 0 Å². The molecule has 0 bridgehead atoms. The largest absolute Gasteiger partial charge is 0.285 e. The van der Waals surface area contributed by atoms with Gasteiger partial charge in [0.2, 0.25) is 5.78 Å². The molecule has 1 atom stereocenters. The lowest BCUT2D eigenvalue weighted by molar-refractivity contribution is -0.114. The summed E-state index contributed by atoms with van der Waals surface area (Å²) in [6.07, 6.45) is 1.60. The van der Waals surface area contributed by atoms with E-state index in [4.69, 9.17) is 0 Å². The lowest BCUT2D eigenvalue weighted by Crippen LogP contribution is -2.13. The molecule has 0 N–H and O–H groups in total. The van der Waals surface area contributed by atoms with E-state index < -0.39 is 0 Å². The third kappa shape index (κ3) is 6.25. The second-order valence-electron chi connectivity index (χ2n) is 6.11. The van der Waals surface area contributed by atoms with Crippen LogP contribution >= 0.6 is 0 Å². The van der Waals surface area contributed by atoms with Gasteiger partial charge in [-0.05, 0) is 35.8 Å². The standard InChI is InChI=1S/C17H22O/c1-14(13-17(2,3)4)12-16(18)11-10-15-8-6-5-7-9-15/h5-9,14H,12-13H2,1-4H3. The van der Waals surface area contributed by atoms with Gasteiger partial charge in [0.15, 0.2) is 0 Å². The Labute approximate surface area is 111 Å². The van der Waals surface area contributed by atoms with Crippen molar-refractivity contribution in [2.45, 2.75) is 40.5 Å². The van der Waals surface area contributed by atoms with Crippen molar-refractivity contribution in [2.24, 2.45) is 11.3 Å². The van der Waals surface area contributed by atoms with E-state index in [9.17, 15) is 4.79 Å². The van der Waals surface area contributed by atoms with Crippen LogP contribution < -0.4 is 0 Å². The van der Waals surface area contributed by atoms with Gasteiger partial charge in [-0.2, -0.15) is 0 Å². The van der Waals surface area contributed by atoms with Crippen LogP contribution in [0.4, 0.5) is 0 Å². The molecule has 0 aromatic heterocycles. The molecule has 0 radical (unpaired) electrons. The summed E-state index contributed by atoms with van der Waals surface area (Å²) < 4.78 is 0. The number of rotatable bonds is 3. The molecule has 1 rings (SSSR count). The van der Waals surface area contributed by atoms with Crippen LogP contribution in [-0.2, 0) is 4.79 Å². The second kappa shape index (κ2) is 6.40. The smallest absolute Gasteiger partial charge is 0.206 e. The summed E-state index contributed by atoms with van der Waals surface area (Å²) in [4.78, 5) is 11.7. The predicted octanol–water partition coefficient (Wildman–Crippen LogP) is 4.07. The minimum absolute atomic E-state index is 0.0376. The van der Waals surface area contributed by atoms with E-state index in [1.807, 2.05) is 30.3 Å². The Morgan fingerprint density at radius 2 is 1.83 bits per heavy atom. The maximum absolute atomic E-state index is 11.7. The number of benzene rings is 1. The van der Waals surface area contributed by atoms with E-state index in [1.165, 1.54) is 0 Å². The molecule has 0 aliphatic carbocycles. The maximum atomic E-state index is 11.7. The summed E-state index contributed by atoms with van der Waals surface area (Å²) in [7, 11) is 0. The first-order chi connectivity index (χ1) is 8.37. The van der Waals surface area contributed by atoms with Crippen molar-refractivity contribution in [3.05, 3.63) is 35.9 Å². The van der Waals surface area contributed by atoms with E-state index in [-0.39, 0.29) is 11.2 Å². The number of hydrogen-bond donors (Lipinski definition) is 0. The molecule has 0 aliphatic rings. The molecule has 0 heterocycles. The fourth-order valence-corrected chi connectivity index (χ4v) is 2.15. The van der Waals surface area contributed by atoms with Crippen LogP contribution in [0.2, 0.25) is 0 Å². The summed E-state index contributed by atoms with van der Waals surface area (Å²) in [5.41, 5.74) is 1.17. The topological polar surface area (TPSA) is 17.1 Å². The Balaban J connectivity index is 2.50. The average molecular weight is 242 g/mol. The second-order valence-corrected chi connectivity index (χ2v) is 6.11. The van der Waals surface area contributed by atoms with Gasteiger partial charge in [-0.1, -0.05) is 51.8 Å². The molecule has 0 saturated carbocycles. The van der Waals surface area contributed by atoms with Gasteiger partial charge in [0, 0.05) is 12.0 Å². The fraction of sp³-hybridized carbons (Fsp3) is 0.471. The van der Waals surface area contributed by atoms with Crippen LogP contribution in [-0.4, -0.2) is 5.78 Å². The normalized spacial score (nSPS) is 12.4. The van der Waals surface area contributed by atoms with Crippen molar-refractivity contribution < 1.29 is 4.79 Å². The van der Waals surface area contributed by atoms with Crippen LogP contribution in [0.25, 0.3) is 0 Å². The van der Waals surface area contributed by atoms with Gasteiger partial charge in [-0.3, -0.25) is 4.79 Å². The highest BCUT2D eigenvalue weighted by molar-refractivity contribution is 5.96. The molecule has 0 fully saturated rings. The highest BCUT2D eigenvalue weighted by atomic mass is 16.1. The molecular formula is C17H22O. The number of ketones is 1. The third-order valence-electron chi connectivity index (χ3n) is 2.61. The lowest BCUT2D eigenvalue weighted by atomic mass is 9.83. The third-order valence-corrected chi connectivity index (χ3v) is 2.61. The summed E-state index contributed by atoms with van der Waals surface area (Å²) in [5.74, 6) is 6.07. The first-order valence-electron chi connectivity index (χ1n) is 6.47. The predicted molar refractivity (Wildman–Crippen MR) is 76.2 cm³/mol. The number of carbonyl (C=O) groups excluding carboxylic acids is 1. The summed E-state index contributed by atoms with van der Waals surface area (Å²) in [5, 5.41) is 0. The van der Waals surface area contributed by atoms with Crippen molar-refractivity contribution in [1.82, 2.24) is 0 Å². The maximum Gasteiger partial charge on any atom is 0.206 e. The fourth-order valence-electron chi connectivity index (χ4n) is 2.15. The molecule has 1 heteroatoms. The highest BCUT2D eigenvalue weighted by Crippen LogP contribution is 2.25. The molecule has 0 saturated heterocycles. The van der Waals surface area contributed by atoms with E-state index in [0.29, 0.717) is 12.3 Å². The summed E-state index contributed by atoms with van der Waals surface area (Å²) in [6.45, 7) is 8.71. The molecule has 0 aliphatic heterocycles. The Kier molecular flexibility index (Phi) is 5.16. The van der Waals surface area contributed by atoms with E-state index in [2.05, 4.69) is 39.5 Å². The lowest BCUT2D eigenvalue weighted by Gasteiger charge is -2.22. The molecule has 1 unspecified atom stereocenters. The van der Waals surface area contributed by atoms with Crippen LogP contribution in [0.1, 0.15) is 46.1 Å². The monoisotopic (exact) mass is 242 g/mol. The van der Waals surface area contributed by atoms with Gasteiger partial charge < -0.3 is 0 Å². The molecule has 1 aromatic carbocycles. The minimum Gasteiger partial charge on any atom is -0.285 e. The molecule has 0 spiro atoms. The zero-order valence-corrected chi connectivity index (χ0v) is 11.8.